The summed E-state index contributed by atoms with van der Waals surface area (Å²) in [6.07, 6.45) is 3.35. The number of rotatable bonds is 2. The highest BCUT2D eigenvalue weighted by atomic mass is 15.1. The van der Waals surface area contributed by atoms with Crippen LogP contribution < -0.4 is 5.84 Å². The molecule has 0 amide bonds. The quantitative estimate of drug-likeness (QED) is 0.507. The number of hydrogen-bond acceptors (Lipinski definition) is 6. The van der Waals surface area contributed by atoms with Gasteiger partial charge in [0.1, 0.15) is 0 Å². The molecule has 0 unspecified atom stereocenters. The molecule has 2 N–H and O–H groups in total. The molecule has 100 valence electrons. The molecule has 1 heterocycles. The fraction of sp³-hybridized carbons (Fsp3) is 0.0714. The minimum atomic E-state index is 0.733. The topological polar surface area (TPSA) is 112 Å². The molecule has 1 aromatic heterocycles. The third-order valence-corrected chi connectivity index (χ3v) is 2.19. The van der Waals surface area contributed by atoms with Crippen LogP contribution in [0.15, 0.2) is 41.6 Å². The van der Waals surface area contributed by atoms with E-state index < -0.39 is 0 Å². The number of nitriles is 2. The molecule has 1 aromatic carbocycles. The molecular weight excluding hydrogens is 252 g/mol. The lowest BCUT2D eigenvalue weighted by Gasteiger charge is -2.01. The second kappa shape index (κ2) is 9.75. The molecule has 0 radical (unpaired) electrons. The van der Waals surface area contributed by atoms with Gasteiger partial charge in [-0.05, 0) is 18.6 Å². The lowest BCUT2D eigenvalue weighted by atomic mass is 10.1. The predicted molar refractivity (Wildman–Crippen MR) is 77.3 cm³/mol. The van der Waals surface area contributed by atoms with Gasteiger partial charge < -0.3 is 5.84 Å². The van der Waals surface area contributed by atoms with Crippen LogP contribution in [0.5, 0.6) is 0 Å². The Balaban J connectivity index is 0.000000829. The number of hydrogen-bond donors (Lipinski definition) is 1. The van der Waals surface area contributed by atoms with Crippen molar-refractivity contribution in [2.45, 2.75) is 6.92 Å². The van der Waals surface area contributed by atoms with Crippen LogP contribution in [0.1, 0.15) is 11.3 Å². The summed E-state index contributed by atoms with van der Waals surface area (Å²) in [6.45, 7) is 8.95. The Kier molecular flexibility index (Phi) is 8.16. The van der Waals surface area contributed by atoms with Gasteiger partial charge in [-0.25, -0.2) is 20.5 Å². The number of nitrogens with zero attached hydrogens (tertiary/aromatic N) is 5. The maximum atomic E-state index is 6.50. The average molecular weight is 266 g/mol. The van der Waals surface area contributed by atoms with E-state index in [0.29, 0.717) is 0 Å². The van der Waals surface area contributed by atoms with Gasteiger partial charge in [-0.3, -0.25) is 0 Å². The van der Waals surface area contributed by atoms with E-state index in [0.717, 1.165) is 22.6 Å². The van der Waals surface area contributed by atoms with Crippen molar-refractivity contribution in [3.8, 4) is 24.5 Å². The summed E-state index contributed by atoms with van der Waals surface area (Å²) in [5.74, 6) is 5.81. The van der Waals surface area contributed by atoms with Crippen LogP contribution in [0.4, 0.5) is 0 Å². The van der Waals surface area contributed by atoms with Crippen molar-refractivity contribution in [3.63, 3.8) is 0 Å². The molecule has 0 saturated carbocycles. The van der Waals surface area contributed by atoms with Gasteiger partial charge in [0.25, 0.3) is 0 Å². The molecule has 2 rings (SSSR count). The summed E-state index contributed by atoms with van der Waals surface area (Å²) in [7, 11) is 0. The second-order valence-corrected chi connectivity index (χ2v) is 3.42. The van der Waals surface area contributed by atoms with Gasteiger partial charge in [-0.15, -0.1) is 0 Å². The van der Waals surface area contributed by atoms with Gasteiger partial charge in [0.15, 0.2) is 5.82 Å². The van der Waals surface area contributed by atoms with E-state index in [1.165, 1.54) is 0 Å². The lowest BCUT2D eigenvalue weighted by Crippen LogP contribution is -1.91. The Morgan fingerprint density at radius 2 is 1.70 bits per heavy atom. The van der Waals surface area contributed by atoms with E-state index >= 15 is 0 Å². The molecule has 20 heavy (non-hydrogen) atoms. The zero-order valence-corrected chi connectivity index (χ0v) is 11.0. The maximum Gasteiger partial charge on any atom is 0.159 e. The Hall–Kier alpha value is -3.25. The SMILES string of the molecule is C#N.C#N.Cc1ccnc(-c2ccc(C=NN)cc2)n1. The summed E-state index contributed by atoms with van der Waals surface area (Å²) in [4.78, 5) is 8.57. The third-order valence-electron chi connectivity index (χ3n) is 2.19. The first-order chi connectivity index (χ1) is 9.79. The zero-order valence-electron chi connectivity index (χ0n) is 11.0. The minimum Gasteiger partial charge on any atom is -0.323 e. The van der Waals surface area contributed by atoms with E-state index in [1.807, 2.05) is 37.3 Å². The van der Waals surface area contributed by atoms with Crippen molar-refractivity contribution in [1.29, 1.82) is 10.5 Å². The van der Waals surface area contributed by atoms with E-state index in [2.05, 4.69) is 28.2 Å². The second-order valence-electron chi connectivity index (χ2n) is 3.42. The normalized spacial score (nSPS) is 8.85. The summed E-state index contributed by atoms with van der Waals surface area (Å²) in [5, 5.41) is 16.5. The van der Waals surface area contributed by atoms with Gasteiger partial charge in [0.2, 0.25) is 0 Å². The molecule has 0 atom stereocenters. The Morgan fingerprint density at radius 3 is 2.20 bits per heavy atom. The molecule has 0 spiro atoms. The monoisotopic (exact) mass is 266 g/mol. The van der Waals surface area contributed by atoms with E-state index in [1.54, 1.807) is 12.4 Å². The van der Waals surface area contributed by atoms with Crippen LogP contribution in [-0.2, 0) is 0 Å². The molecule has 0 bridgehead atoms. The molecule has 6 heteroatoms. The number of aromatic nitrogens is 2. The van der Waals surface area contributed by atoms with Crippen molar-refractivity contribution in [1.82, 2.24) is 9.97 Å². The highest BCUT2D eigenvalue weighted by Crippen LogP contribution is 2.14. The van der Waals surface area contributed by atoms with Gasteiger partial charge in [0, 0.05) is 30.6 Å². The van der Waals surface area contributed by atoms with Gasteiger partial charge in [0.05, 0.1) is 6.21 Å². The predicted octanol–water partition coefficient (Wildman–Crippen LogP) is 2.02. The summed E-state index contributed by atoms with van der Waals surface area (Å²) in [5.41, 5.74) is 2.90. The Bertz CT molecular complexity index is 577. The molecule has 6 nitrogen and oxygen atoms in total. The van der Waals surface area contributed by atoms with Gasteiger partial charge in [-0.2, -0.15) is 5.10 Å². The highest BCUT2D eigenvalue weighted by molar-refractivity contribution is 5.80. The first kappa shape index (κ1) is 16.8. The van der Waals surface area contributed by atoms with Crippen LogP contribution in [0, 0.1) is 30.6 Å². The number of hydrazone groups is 1. The third kappa shape index (κ3) is 4.94. The number of benzene rings is 1. The van der Waals surface area contributed by atoms with Crippen molar-refractivity contribution >= 4 is 6.21 Å². The molecule has 0 aliphatic carbocycles. The molecule has 0 aliphatic rings. The Morgan fingerprint density at radius 1 is 1.10 bits per heavy atom. The van der Waals surface area contributed by atoms with Gasteiger partial charge >= 0.3 is 0 Å². The van der Waals surface area contributed by atoms with Crippen molar-refractivity contribution in [2.24, 2.45) is 10.9 Å². The fourth-order valence-electron chi connectivity index (χ4n) is 1.39. The standard InChI is InChI=1S/C12H12N4.2CHN/c1-9-6-7-14-12(16-9)11-4-2-10(3-5-11)8-15-13;2*1-2/h2-8H,13H2,1H3;2*1H. The van der Waals surface area contributed by atoms with Crippen molar-refractivity contribution in [2.75, 3.05) is 0 Å². The number of aryl methyl sites for hydroxylation is 1. The Labute approximate surface area is 117 Å². The van der Waals surface area contributed by atoms with Crippen LogP contribution in [-0.4, -0.2) is 16.2 Å². The largest absolute Gasteiger partial charge is 0.323 e. The molecule has 0 aliphatic heterocycles. The maximum absolute atomic E-state index is 6.50. The van der Waals surface area contributed by atoms with Gasteiger partial charge in [-0.1, -0.05) is 24.3 Å². The van der Waals surface area contributed by atoms with E-state index in [-0.39, 0.29) is 0 Å². The zero-order chi connectivity index (χ0) is 15.4. The van der Waals surface area contributed by atoms with E-state index in [9.17, 15) is 0 Å². The summed E-state index contributed by atoms with van der Waals surface area (Å²) >= 11 is 0. The molecule has 0 saturated heterocycles. The molecule has 0 fully saturated rings. The fourth-order valence-corrected chi connectivity index (χ4v) is 1.39. The first-order valence-corrected chi connectivity index (χ1v) is 5.44. The van der Waals surface area contributed by atoms with Crippen LogP contribution in [0.2, 0.25) is 0 Å². The van der Waals surface area contributed by atoms with Crippen molar-refractivity contribution < 1.29 is 0 Å². The summed E-state index contributed by atoms with van der Waals surface area (Å²) in [6, 6.07) is 9.63. The minimum absolute atomic E-state index is 0.733. The van der Waals surface area contributed by atoms with Crippen molar-refractivity contribution in [3.05, 3.63) is 47.8 Å². The lowest BCUT2D eigenvalue weighted by molar-refractivity contribution is 1.11. The summed E-state index contributed by atoms with van der Waals surface area (Å²) < 4.78 is 0. The number of nitrogens with two attached hydrogens (primary N) is 1. The smallest absolute Gasteiger partial charge is 0.159 e. The van der Waals surface area contributed by atoms with E-state index in [4.69, 9.17) is 16.4 Å². The average Bonchev–Trinajstić information content (AvgIpc) is 2.52. The molecule has 2 aromatic rings. The first-order valence-electron chi connectivity index (χ1n) is 5.44. The van der Waals surface area contributed by atoms with Crippen LogP contribution >= 0.6 is 0 Å². The van der Waals surface area contributed by atoms with Crippen LogP contribution in [0.25, 0.3) is 11.4 Å². The highest BCUT2D eigenvalue weighted by Gasteiger charge is 2.00. The molecular formula is C14H14N6. The van der Waals surface area contributed by atoms with Crippen LogP contribution in [0.3, 0.4) is 0 Å².